The SMILES string of the molecule is NCCC1CCN(CC(=O)Nc2ccccc2F)CC1. The number of carbonyl (C=O) groups excluding carboxylic acids is 1. The van der Waals surface area contributed by atoms with Crippen molar-refractivity contribution in [3.63, 3.8) is 0 Å². The monoisotopic (exact) mass is 279 g/mol. The van der Waals surface area contributed by atoms with Gasteiger partial charge in [-0.15, -0.1) is 0 Å². The lowest BCUT2D eigenvalue weighted by atomic mass is 9.94. The molecule has 0 radical (unpaired) electrons. The Bertz CT molecular complexity index is 444. The number of para-hydroxylation sites is 1. The van der Waals surface area contributed by atoms with Gasteiger partial charge in [0.15, 0.2) is 0 Å². The van der Waals surface area contributed by atoms with Gasteiger partial charge in [-0.25, -0.2) is 4.39 Å². The summed E-state index contributed by atoms with van der Waals surface area (Å²) in [6.07, 6.45) is 3.24. The smallest absolute Gasteiger partial charge is 0.238 e. The van der Waals surface area contributed by atoms with Crippen LogP contribution in [0.1, 0.15) is 19.3 Å². The molecule has 0 saturated carbocycles. The van der Waals surface area contributed by atoms with Crippen molar-refractivity contribution < 1.29 is 9.18 Å². The van der Waals surface area contributed by atoms with E-state index in [0.29, 0.717) is 12.5 Å². The van der Waals surface area contributed by atoms with Crippen molar-refractivity contribution in [1.82, 2.24) is 4.90 Å². The highest BCUT2D eigenvalue weighted by molar-refractivity contribution is 5.92. The Balaban J connectivity index is 1.77. The van der Waals surface area contributed by atoms with Gasteiger partial charge in [0.1, 0.15) is 5.82 Å². The van der Waals surface area contributed by atoms with Crippen LogP contribution in [-0.4, -0.2) is 37.0 Å². The van der Waals surface area contributed by atoms with E-state index in [1.54, 1.807) is 18.2 Å². The molecule has 1 aromatic carbocycles. The summed E-state index contributed by atoms with van der Waals surface area (Å²) in [5.74, 6) is 0.126. The zero-order chi connectivity index (χ0) is 14.4. The Morgan fingerprint density at radius 2 is 2.05 bits per heavy atom. The topological polar surface area (TPSA) is 58.4 Å². The summed E-state index contributed by atoms with van der Waals surface area (Å²) in [7, 11) is 0. The van der Waals surface area contributed by atoms with E-state index < -0.39 is 5.82 Å². The minimum atomic E-state index is -0.400. The molecule has 1 aromatic rings. The summed E-state index contributed by atoms with van der Waals surface area (Å²) in [5.41, 5.74) is 5.81. The summed E-state index contributed by atoms with van der Waals surface area (Å²) >= 11 is 0. The van der Waals surface area contributed by atoms with Gasteiger partial charge < -0.3 is 11.1 Å². The van der Waals surface area contributed by atoms with E-state index in [1.807, 2.05) is 0 Å². The van der Waals surface area contributed by atoms with E-state index in [9.17, 15) is 9.18 Å². The quantitative estimate of drug-likeness (QED) is 0.864. The number of amides is 1. The van der Waals surface area contributed by atoms with Gasteiger partial charge in [0.25, 0.3) is 0 Å². The minimum Gasteiger partial charge on any atom is -0.330 e. The molecule has 0 unspecified atom stereocenters. The highest BCUT2D eigenvalue weighted by Crippen LogP contribution is 2.19. The molecule has 1 aliphatic heterocycles. The van der Waals surface area contributed by atoms with E-state index in [2.05, 4.69) is 10.2 Å². The molecule has 2 rings (SSSR count). The number of rotatable bonds is 5. The maximum Gasteiger partial charge on any atom is 0.238 e. The van der Waals surface area contributed by atoms with Gasteiger partial charge in [-0.1, -0.05) is 12.1 Å². The van der Waals surface area contributed by atoms with Crippen LogP contribution in [0.25, 0.3) is 0 Å². The fourth-order valence-electron chi connectivity index (χ4n) is 2.62. The Hall–Kier alpha value is -1.46. The second-order valence-corrected chi connectivity index (χ2v) is 5.32. The van der Waals surface area contributed by atoms with Crippen LogP contribution in [0.15, 0.2) is 24.3 Å². The van der Waals surface area contributed by atoms with Gasteiger partial charge >= 0.3 is 0 Å². The van der Waals surface area contributed by atoms with E-state index in [4.69, 9.17) is 5.73 Å². The Kier molecular flexibility index (Phi) is 5.49. The van der Waals surface area contributed by atoms with Crippen LogP contribution >= 0.6 is 0 Å². The van der Waals surface area contributed by atoms with Crippen molar-refractivity contribution in [3.05, 3.63) is 30.1 Å². The number of hydrogen-bond donors (Lipinski definition) is 2. The highest BCUT2D eigenvalue weighted by Gasteiger charge is 2.20. The lowest BCUT2D eigenvalue weighted by Crippen LogP contribution is -2.39. The molecule has 1 aliphatic rings. The van der Waals surface area contributed by atoms with Crippen LogP contribution < -0.4 is 11.1 Å². The maximum atomic E-state index is 13.4. The number of nitrogens with one attached hydrogen (secondary N) is 1. The average Bonchev–Trinajstić information content (AvgIpc) is 2.44. The molecule has 110 valence electrons. The summed E-state index contributed by atoms with van der Waals surface area (Å²) in [6, 6.07) is 6.22. The second-order valence-electron chi connectivity index (χ2n) is 5.32. The molecular formula is C15H22FN3O. The van der Waals surface area contributed by atoms with E-state index in [0.717, 1.165) is 38.9 Å². The van der Waals surface area contributed by atoms with E-state index >= 15 is 0 Å². The molecule has 0 aliphatic carbocycles. The number of benzene rings is 1. The third-order valence-corrected chi connectivity index (χ3v) is 3.80. The van der Waals surface area contributed by atoms with Crippen molar-refractivity contribution in [3.8, 4) is 0 Å². The molecule has 20 heavy (non-hydrogen) atoms. The molecule has 1 amide bonds. The molecule has 3 N–H and O–H groups in total. The summed E-state index contributed by atoms with van der Waals surface area (Å²) in [5, 5.41) is 2.62. The number of carbonyl (C=O) groups is 1. The third kappa shape index (κ3) is 4.28. The van der Waals surface area contributed by atoms with E-state index in [1.165, 1.54) is 6.07 Å². The summed E-state index contributed by atoms with van der Waals surface area (Å²) in [4.78, 5) is 14.0. The third-order valence-electron chi connectivity index (χ3n) is 3.80. The first-order valence-electron chi connectivity index (χ1n) is 7.16. The lowest BCUT2D eigenvalue weighted by molar-refractivity contribution is -0.117. The van der Waals surface area contributed by atoms with Crippen LogP contribution in [0.4, 0.5) is 10.1 Å². The largest absolute Gasteiger partial charge is 0.330 e. The molecule has 5 heteroatoms. The van der Waals surface area contributed by atoms with E-state index in [-0.39, 0.29) is 11.6 Å². The van der Waals surface area contributed by atoms with Gasteiger partial charge in [-0.3, -0.25) is 9.69 Å². The second kappa shape index (κ2) is 7.36. The average molecular weight is 279 g/mol. The van der Waals surface area contributed by atoms with Crippen molar-refractivity contribution in [2.24, 2.45) is 11.7 Å². The molecule has 0 spiro atoms. The first kappa shape index (κ1) is 14.9. The number of halogens is 1. The molecule has 0 bridgehead atoms. The molecule has 1 fully saturated rings. The van der Waals surface area contributed by atoms with Crippen molar-refractivity contribution >= 4 is 11.6 Å². The van der Waals surface area contributed by atoms with Gasteiger partial charge in [-0.05, 0) is 56.9 Å². The van der Waals surface area contributed by atoms with Gasteiger partial charge in [0, 0.05) is 0 Å². The van der Waals surface area contributed by atoms with Crippen LogP contribution in [0, 0.1) is 11.7 Å². The first-order chi connectivity index (χ1) is 9.69. The summed E-state index contributed by atoms with van der Waals surface area (Å²) in [6.45, 7) is 2.88. The predicted octanol–water partition coefficient (Wildman–Crippen LogP) is 1.82. The maximum absolute atomic E-state index is 13.4. The van der Waals surface area contributed by atoms with Crippen molar-refractivity contribution in [2.75, 3.05) is 31.5 Å². The van der Waals surface area contributed by atoms with Crippen LogP contribution in [-0.2, 0) is 4.79 Å². The molecule has 1 heterocycles. The number of nitrogens with two attached hydrogens (primary N) is 1. The molecule has 0 atom stereocenters. The van der Waals surface area contributed by atoms with Crippen LogP contribution in [0.2, 0.25) is 0 Å². The number of hydrogen-bond acceptors (Lipinski definition) is 3. The fourth-order valence-corrected chi connectivity index (χ4v) is 2.62. The normalized spacial score (nSPS) is 17.1. The minimum absolute atomic E-state index is 0.160. The van der Waals surface area contributed by atoms with Gasteiger partial charge in [0.05, 0.1) is 12.2 Å². The zero-order valence-corrected chi connectivity index (χ0v) is 11.6. The Labute approximate surface area is 119 Å². The van der Waals surface area contributed by atoms with Gasteiger partial charge in [0.2, 0.25) is 5.91 Å². The Morgan fingerprint density at radius 1 is 1.35 bits per heavy atom. The fraction of sp³-hybridized carbons (Fsp3) is 0.533. The molecule has 4 nitrogen and oxygen atoms in total. The van der Waals surface area contributed by atoms with Crippen molar-refractivity contribution in [2.45, 2.75) is 19.3 Å². The Morgan fingerprint density at radius 3 is 2.70 bits per heavy atom. The number of piperidine rings is 1. The van der Waals surface area contributed by atoms with Crippen LogP contribution in [0.5, 0.6) is 0 Å². The number of nitrogens with zero attached hydrogens (tertiary/aromatic N) is 1. The predicted molar refractivity (Wildman–Crippen MR) is 77.9 cm³/mol. The summed E-state index contributed by atoms with van der Waals surface area (Å²) < 4.78 is 13.4. The van der Waals surface area contributed by atoms with Crippen LogP contribution in [0.3, 0.4) is 0 Å². The highest BCUT2D eigenvalue weighted by atomic mass is 19.1. The zero-order valence-electron chi connectivity index (χ0n) is 11.6. The van der Waals surface area contributed by atoms with Crippen molar-refractivity contribution in [1.29, 1.82) is 0 Å². The molecule has 1 saturated heterocycles. The molecule has 0 aromatic heterocycles. The lowest BCUT2D eigenvalue weighted by Gasteiger charge is -2.31. The number of likely N-dealkylation sites (tertiary alicyclic amines) is 1. The van der Waals surface area contributed by atoms with Gasteiger partial charge in [-0.2, -0.15) is 0 Å². The standard InChI is InChI=1S/C15H22FN3O/c16-13-3-1-2-4-14(13)18-15(20)11-19-9-6-12(5-8-17)7-10-19/h1-4,12H,5-11,17H2,(H,18,20). The number of anilines is 1. The first-order valence-corrected chi connectivity index (χ1v) is 7.16. The molecular weight excluding hydrogens is 257 g/mol.